The van der Waals surface area contributed by atoms with Gasteiger partial charge < -0.3 is 19.3 Å². The summed E-state index contributed by atoms with van der Waals surface area (Å²) < 4.78 is 7.65. The lowest BCUT2D eigenvalue weighted by atomic mass is 9.95. The Morgan fingerprint density at radius 3 is 2.41 bits per heavy atom. The van der Waals surface area contributed by atoms with Gasteiger partial charge in [0, 0.05) is 36.1 Å². The van der Waals surface area contributed by atoms with Gasteiger partial charge in [0.2, 0.25) is 0 Å². The lowest BCUT2D eigenvalue weighted by Crippen LogP contribution is -2.31. The molecule has 1 aliphatic heterocycles. The third kappa shape index (κ3) is 4.99. The maximum atomic E-state index is 13.1. The van der Waals surface area contributed by atoms with E-state index in [1.54, 1.807) is 36.8 Å². The normalized spacial score (nSPS) is 17.5. The topological polar surface area (TPSA) is 84.7 Å². The van der Waals surface area contributed by atoms with E-state index in [2.05, 4.69) is 4.98 Å². The van der Waals surface area contributed by atoms with Gasteiger partial charge in [0.25, 0.3) is 11.7 Å². The van der Waals surface area contributed by atoms with Gasteiger partial charge in [-0.15, -0.1) is 0 Å². The maximum Gasteiger partial charge on any atom is 0.295 e. The molecule has 4 rings (SSSR count). The average molecular weight is 480 g/mol. The fourth-order valence-electron chi connectivity index (χ4n) is 4.06. The molecule has 1 aliphatic rings. The molecular formula is C26H26ClN3O4. The minimum atomic E-state index is -0.716. The van der Waals surface area contributed by atoms with Crippen LogP contribution in [-0.4, -0.2) is 43.9 Å². The van der Waals surface area contributed by atoms with Crippen molar-refractivity contribution in [2.24, 2.45) is 0 Å². The van der Waals surface area contributed by atoms with Crippen LogP contribution < -0.4 is 4.74 Å². The van der Waals surface area contributed by atoms with Gasteiger partial charge in [0.15, 0.2) is 0 Å². The molecule has 1 amide bonds. The molecule has 1 unspecified atom stereocenters. The van der Waals surface area contributed by atoms with E-state index in [1.807, 2.05) is 48.9 Å². The summed E-state index contributed by atoms with van der Waals surface area (Å²) in [5.74, 6) is -0.871. The zero-order valence-corrected chi connectivity index (χ0v) is 19.8. The molecule has 34 heavy (non-hydrogen) atoms. The van der Waals surface area contributed by atoms with E-state index in [1.165, 1.54) is 4.90 Å². The molecule has 2 aromatic carbocycles. The van der Waals surface area contributed by atoms with E-state index < -0.39 is 17.7 Å². The number of hydrogen-bond donors (Lipinski definition) is 1. The molecule has 1 atom stereocenters. The van der Waals surface area contributed by atoms with Gasteiger partial charge >= 0.3 is 0 Å². The number of carbonyl (C=O) groups is 2. The fourth-order valence-corrected chi connectivity index (χ4v) is 4.19. The highest BCUT2D eigenvalue weighted by Crippen LogP contribution is 2.40. The largest absolute Gasteiger partial charge is 0.507 e. The first kappa shape index (κ1) is 23.6. The van der Waals surface area contributed by atoms with Crippen LogP contribution in [0, 0.1) is 0 Å². The van der Waals surface area contributed by atoms with Crippen molar-refractivity contribution in [3.8, 4) is 5.75 Å². The Hall–Kier alpha value is -3.58. The van der Waals surface area contributed by atoms with Gasteiger partial charge in [-0.3, -0.25) is 9.59 Å². The van der Waals surface area contributed by atoms with Crippen LogP contribution in [0.5, 0.6) is 5.75 Å². The predicted octanol–water partition coefficient (Wildman–Crippen LogP) is 4.84. The SMILES string of the molecule is CC(C)Oc1ccc(C2/C(=C(/O)c3ccc(Cl)cc3)C(=O)C(=O)N2CCCn2ccnc2)cc1. The lowest BCUT2D eigenvalue weighted by Gasteiger charge is -2.25. The lowest BCUT2D eigenvalue weighted by molar-refractivity contribution is -0.139. The number of halogens is 1. The zero-order chi connectivity index (χ0) is 24.2. The molecule has 0 aliphatic carbocycles. The number of aryl methyl sites for hydroxylation is 1. The summed E-state index contributed by atoms with van der Waals surface area (Å²) in [6.07, 6.45) is 5.89. The Morgan fingerprint density at radius 1 is 1.09 bits per heavy atom. The first-order valence-electron chi connectivity index (χ1n) is 11.1. The second-order valence-electron chi connectivity index (χ2n) is 8.39. The van der Waals surface area contributed by atoms with E-state index in [0.717, 1.165) is 0 Å². The van der Waals surface area contributed by atoms with Crippen molar-refractivity contribution >= 4 is 29.1 Å². The summed E-state index contributed by atoms with van der Waals surface area (Å²) in [6, 6.07) is 13.1. The number of carbonyl (C=O) groups excluding carboxylic acids is 2. The van der Waals surface area contributed by atoms with Gasteiger partial charge in [-0.2, -0.15) is 0 Å². The number of aliphatic hydroxyl groups is 1. The molecule has 176 valence electrons. The van der Waals surface area contributed by atoms with Gasteiger partial charge in [-0.25, -0.2) is 4.98 Å². The second kappa shape index (κ2) is 10.1. The molecule has 0 saturated carbocycles. The van der Waals surface area contributed by atoms with Crippen LogP contribution >= 0.6 is 11.6 Å². The van der Waals surface area contributed by atoms with E-state index in [0.29, 0.717) is 41.4 Å². The summed E-state index contributed by atoms with van der Waals surface area (Å²) in [4.78, 5) is 31.7. The Kier molecular flexibility index (Phi) is 7.03. The highest BCUT2D eigenvalue weighted by Gasteiger charge is 2.45. The van der Waals surface area contributed by atoms with Crippen LogP contribution in [0.1, 0.15) is 37.4 Å². The summed E-state index contributed by atoms with van der Waals surface area (Å²) in [6.45, 7) is 4.87. The van der Waals surface area contributed by atoms with Crippen molar-refractivity contribution in [2.75, 3.05) is 6.54 Å². The van der Waals surface area contributed by atoms with Crippen LogP contribution in [0.25, 0.3) is 5.76 Å². The van der Waals surface area contributed by atoms with E-state index >= 15 is 0 Å². The van der Waals surface area contributed by atoms with Crippen LogP contribution in [0.15, 0.2) is 72.8 Å². The Labute approximate surface area is 203 Å². The molecule has 1 aromatic heterocycles. The molecule has 7 nitrogen and oxygen atoms in total. The highest BCUT2D eigenvalue weighted by atomic mass is 35.5. The van der Waals surface area contributed by atoms with Gasteiger partial charge in [-0.1, -0.05) is 23.7 Å². The molecular weight excluding hydrogens is 454 g/mol. The quantitative estimate of drug-likeness (QED) is 0.284. The molecule has 0 radical (unpaired) electrons. The molecule has 1 fully saturated rings. The maximum absolute atomic E-state index is 13.1. The summed E-state index contributed by atoms with van der Waals surface area (Å²) in [7, 11) is 0. The van der Waals surface area contributed by atoms with Crippen molar-refractivity contribution in [1.82, 2.24) is 14.5 Å². The number of rotatable bonds is 8. The summed E-state index contributed by atoms with van der Waals surface area (Å²) in [5, 5.41) is 11.6. The number of aromatic nitrogens is 2. The Morgan fingerprint density at radius 2 is 1.79 bits per heavy atom. The number of nitrogens with zero attached hydrogens (tertiary/aromatic N) is 3. The third-order valence-corrected chi connectivity index (χ3v) is 5.85. The highest BCUT2D eigenvalue weighted by molar-refractivity contribution is 6.46. The first-order valence-corrected chi connectivity index (χ1v) is 11.5. The smallest absolute Gasteiger partial charge is 0.295 e. The number of aliphatic hydroxyl groups excluding tert-OH is 1. The number of Topliss-reactive ketones (excluding diaryl/α,β-unsaturated/α-hetero) is 1. The summed E-state index contributed by atoms with van der Waals surface area (Å²) >= 11 is 5.98. The number of benzene rings is 2. The molecule has 0 bridgehead atoms. The number of likely N-dealkylation sites (tertiary alicyclic amines) is 1. The fraction of sp³-hybridized carbons (Fsp3) is 0.269. The van der Waals surface area contributed by atoms with Gasteiger partial charge in [0.1, 0.15) is 11.5 Å². The number of amides is 1. The molecule has 3 aromatic rings. The van der Waals surface area contributed by atoms with Crippen molar-refractivity contribution in [2.45, 2.75) is 39.0 Å². The minimum Gasteiger partial charge on any atom is -0.507 e. The minimum absolute atomic E-state index is 0.0181. The van der Waals surface area contributed by atoms with Crippen molar-refractivity contribution in [3.05, 3.63) is 89.0 Å². The van der Waals surface area contributed by atoms with Gasteiger partial charge in [0.05, 0.1) is 24.0 Å². The van der Waals surface area contributed by atoms with Crippen molar-refractivity contribution in [3.63, 3.8) is 0 Å². The van der Waals surface area contributed by atoms with Crippen LogP contribution in [0.3, 0.4) is 0 Å². The number of ketones is 1. The molecule has 2 heterocycles. The second-order valence-corrected chi connectivity index (χ2v) is 8.83. The predicted molar refractivity (Wildman–Crippen MR) is 130 cm³/mol. The average Bonchev–Trinajstić information content (AvgIpc) is 3.42. The Balaban J connectivity index is 1.71. The molecule has 1 saturated heterocycles. The van der Waals surface area contributed by atoms with Gasteiger partial charge in [-0.05, 0) is 62.2 Å². The standard InChI is InChI=1S/C26H26ClN3O4/c1-17(2)34-21-10-6-18(7-11-21)23-22(24(31)19-4-8-20(27)9-5-19)25(32)26(33)30(23)14-3-13-29-15-12-28-16-29/h4-12,15-17,23,31H,3,13-14H2,1-2H3/b24-22-. The zero-order valence-electron chi connectivity index (χ0n) is 19.0. The number of hydrogen-bond acceptors (Lipinski definition) is 5. The van der Waals surface area contributed by atoms with Crippen LogP contribution in [0.4, 0.5) is 0 Å². The molecule has 0 spiro atoms. The van der Waals surface area contributed by atoms with Crippen molar-refractivity contribution in [1.29, 1.82) is 0 Å². The van der Waals surface area contributed by atoms with Crippen LogP contribution in [-0.2, 0) is 16.1 Å². The van der Waals surface area contributed by atoms with Crippen LogP contribution in [0.2, 0.25) is 5.02 Å². The van der Waals surface area contributed by atoms with E-state index in [-0.39, 0.29) is 17.4 Å². The molecule has 1 N–H and O–H groups in total. The monoisotopic (exact) mass is 479 g/mol. The number of ether oxygens (including phenoxy) is 1. The first-order chi connectivity index (χ1) is 16.3. The van der Waals surface area contributed by atoms with E-state index in [9.17, 15) is 14.7 Å². The van der Waals surface area contributed by atoms with E-state index in [4.69, 9.17) is 16.3 Å². The molecule has 8 heteroatoms. The van der Waals surface area contributed by atoms with Crippen molar-refractivity contribution < 1.29 is 19.4 Å². The number of imidazole rings is 1. The third-order valence-electron chi connectivity index (χ3n) is 5.60. The Bertz CT molecular complexity index is 1190. The summed E-state index contributed by atoms with van der Waals surface area (Å²) in [5.41, 5.74) is 1.20.